The lowest BCUT2D eigenvalue weighted by Crippen LogP contribution is -2.22. The molecule has 0 spiro atoms. The Morgan fingerprint density at radius 1 is 1.21 bits per heavy atom. The van der Waals surface area contributed by atoms with Gasteiger partial charge in [-0.15, -0.1) is 0 Å². The first-order valence-corrected chi connectivity index (χ1v) is 8.66. The Morgan fingerprint density at radius 3 is 2.58 bits per heavy atom. The van der Waals surface area contributed by atoms with Crippen LogP contribution in [0, 0.1) is 5.41 Å². The van der Waals surface area contributed by atoms with Gasteiger partial charge in [-0.3, -0.25) is 0 Å². The molecule has 0 fully saturated rings. The van der Waals surface area contributed by atoms with Crippen LogP contribution in [-0.4, -0.2) is 37.9 Å². The minimum Gasteiger partial charge on any atom is -0.396 e. The van der Waals surface area contributed by atoms with Crippen molar-refractivity contribution in [2.45, 2.75) is 33.1 Å². The van der Waals surface area contributed by atoms with E-state index in [0.29, 0.717) is 6.61 Å². The van der Waals surface area contributed by atoms with Gasteiger partial charge in [0.2, 0.25) is 0 Å². The van der Waals surface area contributed by atoms with Crippen LogP contribution >= 0.6 is 0 Å². The van der Waals surface area contributed by atoms with Crippen molar-refractivity contribution >= 4 is 11.3 Å². The van der Waals surface area contributed by atoms with Crippen LogP contribution < -0.4 is 0 Å². The highest BCUT2D eigenvalue weighted by Gasteiger charge is 2.28. The predicted molar refractivity (Wildman–Crippen MR) is 103 cm³/mol. The molecule has 0 bridgehead atoms. The fourth-order valence-electron chi connectivity index (χ4n) is 3.02. The molecule has 1 aliphatic carbocycles. The van der Waals surface area contributed by atoms with Crippen molar-refractivity contribution in [2.75, 3.05) is 27.2 Å². The molecule has 0 heterocycles. The Hall–Kier alpha value is -1.87. The number of oxime groups is 1. The van der Waals surface area contributed by atoms with Gasteiger partial charge in [-0.25, -0.2) is 0 Å². The fraction of sp³-hybridized carbons (Fsp3) is 0.476. The molecule has 0 saturated heterocycles. The van der Waals surface area contributed by atoms with E-state index in [-0.39, 0.29) is 5.41 Å². The van der Waals surface area contributed by atoms with E-state index in [1.807, 2.05) is 6.07 Å². The summed E-state index contributed by atoms with van der Waals surface area (Å²) in [7, 11) is 4.14. The highest BCUT2D eigenvalue weighted by atomic mass is 16.6. The molecule has 130 valence electrons. The Morgan fingerprint density at radius 2 is 1.92 bits per heavy atom. The third kappa shape index (κ3) is 5.64. The first-order chi connectivity index (χ1) is 11.4. The summed E-state index contributed by atoms with van der Waals surface area (Å²) in [5.74, 6) is 0. The van der Waals surface area contributed by atoms with Crippen LogP contribution in [0.1, 0.15) is 38.7 Å². The Balaban J connectivity index is 2.07. The maximum Gasteiger partial charge on any atom is 0.118 e. The first-order valence-electron chi connectivity index (χ1n) is 8.66. The molecule has 1 aliphatic rings. The zero-order valence-electron chi connectivity index (χ0n) is 15.5. The molecular formula is C21H30N2O. The molecule has 2 rings (SSSR count). The van der Waals surface area contributed by atoms with Crippen LogP contribution in [0.5, 0.6) is 0 Å². The number of hydrogen-bond acceptors (Lipinski definition) is 3. The standard InChI is InChI=1S/C21H30N2O/c1-17(18-10-7-6-8-11-18)19-14-20(16-21(2,3)15-19)22-24-13-9-12-23(4)5/h6-8,10-11,14H,1,9,12-13,15-16H2,2-5H3/b22-20-. The second-order valence-corrected chi connectivity index (χ2v) is 7.60. The van der Waals surface area contributed by atoms with Gasteiger partial charge in [-0.05, 0) is 61.6 Å². The summed E-state index contributed by atoms with van der Waals surface area (Å²) in [6.07, 6.45) is 5.10. The summed E-state index contributed by atoms with van der Waals surface area (Å²) in [4.78, 5) is 7.69. The van der Waals surface area contributed by atoms with E-state index >= 15 is 0 Å². The van der Waals surface area contributed by atoms with Crippen LogP contribution in [0.4, 0.5) is 0 Å². The maximum atomic E-state index is 5.54. The van der Waals surface area contributed by atoms with Gasteiger partial charge >= 0.3 is 0 Å². The third-order valence-electron chi connectivity index (χ3n) is 4.20. The van der Waals surface area contributed by atoms with E-state index in [0.717, 1.165) is 37.1 Å². The van der Waals surface area contributed by atoms with E-state index in [9.17, 15) is 0 Å². The molecule has 0 amide bonds. The van der Waals surface area contributed by atoms with Crippen LogP contribution in [0.15, 0.2) is 53.7 Å². The highest BCUT2D eigenvalue weighted by Crippen LogP contribution is 2.39. The zero-order valence-corrected chi connectivity index (χ0v) is 15.5. The van der Waals surface area contributed by atoms with Gasteiger partial charge in [0.15, 0.2) is 0 Å². The van der Waals surface area contributed by atoms with Crippen molar-refractivity contribution in [1.29, 1.82) is 0 Å². The molecule has 0 aromatic heterocycles. The van der Waals surface area contributed by atoms with Crippen LogP contribution in [0.2, 0.25) is 0 Å². The molecule has 1 aromatic rings. The summed E-state index contributed by atoms with van der Waals surface area (Å²) in [5, 5.41) is 4.38. The average molecular weight is 326 g/mol. The topological polar surface area (TPSA) is 24.8 Å². The van der Waals surface area contributed by atoms with Crippen LogP contribution in [-0.2, 0) is 4.84 Å². The number of allylic oxidation sites excluding steroid dienone is 3. The van der Waals surface area contributed by atoms with Crippen molar-refractivity contribution in [3.63, 3.8) is 0 Å². The van der Waals surface area contributed by atoms with Crippen molar-refractivity contribution < 1.29 is 4.84 Å². The van der Waals surface area contributed by atoms with Gasteiger partial charge in [-0.1, -0.05) is 55.9 Å². The van der Waals surface area contributed by atoms with Gasteiger partial charge in [-0.2, -0.15) is 0 Å². The largest absolute Gasteiger partial charge is 0.396 e. The number of nitrogens with zero attached hydrogens (tertiary/aromatic N) is 2. The Labute approximate surface area is 146 Å². The number of rotatable bonds is 7. The Kier molecular flexibility index (Phi) is 6.38. The molecule has 3 nitrogen and oxygen atoms in total. The maximum absolute atomic E-state index is 5.54. The molecule has 0 saturated carbocycles. The lowest BCUT2D eigenvalue weighted by molar-refractivity contribution is 0.133. The normalized spacial score (nSPS) is 18.5. The van der Waals surface area contributed by atoms with Crippen molar-refractivity contribution in [2.24, 2.45) is 10.6 Å². The quantitative estimate of drug-likeness (QED) is 0.532. The molecule has 3 heteroatoms. The molecule has 0 atom stereocenters. The first kappa shape index (κ1) is 18.5. The summed E-state index contributed by atoms with van der Waals surface area (Å²) in [6.45, 7) is 10.5. The predicted octanol–water partition coefficient (Wildman–Crippen LogP) is 4.77. The van der Waals surface area contributed by atoms with Gasteiger partial charge in [0.25, 0.3) is 0 Å². The lowest BCUT2D eigenvalue weighted by Gasteiger charge is -2.31. The third-order valence-corrected chi connectivity index (χ3v) is 4.20. The van der Waals surface area contributed by atoms with Crippen molar-refractivity contribution in [1.82, 2.24) is 4.90 Å². The minimum absolute atomic E-state index is 0.174. The molecule has 0 unspecified atom stereocenters. The zero-order chi connectivity index (χ0) is 17.6. The molecule has 1 aromatic carbocycles. The highest BCUT2D eigenvalue weighted by molar-refractivity contribution is 6.00. The van der Waals surface area contributed by atoms with E-state index in [4.69, 9.17) is 4.84 Å². The smallest absolute Gasteiger partial charge is 0.118 e. The van der Waals surface area contributed by atoms with Gasteiger partial charge in [0.1, 0.15) is 6.61 Å². The van der Waals surface area contributed by atoms with Crippen molar-refractivity contribution in [3.8, 4) is 0 Å². The van der Waals surface area contributed by atoms with Gasteiger partial charge in [0, 0.05) is 6.54 Å². The molecule has 0 N–H and O–H groups in total. The average Bonchev–Trinajstić information content (AvgIpc) is 2.53. The number of hydrogen-bond donors (Lipinski definition) is 0. The van der Waals surface area contributed by atoms with E-state index in [1.165, 1.54) is 11.1 Å². The van der Waals surface area contributed by atoms with Crippen LogP contribution in [0.3, 0.4) is 0 Å². The Bertz CT molecular complexity index is 612. The summed E-state index contributed by atoms with van der Waals surface area (Å²) in [5.41, 5.74) is 4.71. The van der Waals surface area contributed by atoms with Crippen LogP contribution in [0.25, 0.3) is 5.57 Å². The fourth-order valence-corrected chi connectivity index (χ4v) is 3.02. The van der Waals surface area contributed by atoms with Crippen molar-refractivity contribution in [3.05, 3.63) is 54.1 Å². The second-order valence-electron chi connectivity index (χ2n) is 7.60. The molecule has 0 aliphatic heterocycles. The SMILES string of the molecule is C=C(C1=C/C(=N/OCCCN(C)C)CC(C)(C)C1)c1ccccc1. The molecule has 24 heavy (non-hydrogen) atoms. The van der Waals surface area contributed by atoms with Gasteiger partial charge < -0.3 is 9.74 Å². The molecule has 0 radical (unpaired) electrons. The number of benzene rings is 1. The lowest BCUT2D eigenvalue weighted by atomic mass is 9.74. The summed E-state index contributed by atoms with van der Waals surface area (Å²) < 4.78 is 0. The van der Waals surface area contributed by atoms with Gasteiger partial charge in [0.05, 0.1) is 5.71 Å². The molecular weight excluding hydrogens is 296 g/mol. The second kappa shape index (κ2) is 8.29. The summed E-state index contributed by atoms with van der Waals surface area (Å²) >= 11 is 0. The van der Waals surface area contributed by atoms with E-state index < -0.39 is 0 Å². The summed E-state index contributed by atoms with van der Waals surface area (Å²) in [6, 6.07) is 10.4. The van der Waals surface area contributed by atoms with E-state index in [1.54, 1.807) is 0 Å². The van der Waals surface area contributed by atoms with E-state index in [2.05, 4.69) is 74.9 Å². The minimum atomic E-state index is 0.174. The monoisotopic (exact) mass is 326 g/mol.